The van der Waals surface area contributed by atoms with Crippen LogP contribution in [0.25, 0.3) is 0 Å². The Bertz CT molecular complexity index is 541. The van der Waals surface area contributed by atoms with Crippen LogP contribution in [0, 0.1) is 12.8 Å². The summed E-state index contributed by atoms with van der Waals surface area (Å²) in [5.74, 6) is 0.453. The number of rotatable bonds is 2. The van der Waals surface area contributed by atoms with E-state index in [-0.39, 0.29) is 17.9 Å². The molecule has 0 bridgehead atoms. The molecule has 20 heavy (non-hydrogen) atoms. The van der Waals surface area contributed by atoms with E-state index in [2.05, 4.69) is 4.98 Å². The van der Waals surface area contributed by atoms with Crippen LogP contribution < -0.4 is 0 Å². The molecule has 1 aliphatic carbocycles. The van der Waals surface area contributed by atoms with Gasteiger partial charge in [-0.25, -0.2) is 0 Å². The Morgan fingerprint density at radius 2 is 2.20 bits per heavy atom. The molecule has 1 saturated heterocycles. The molecule has 1 amide bonds. The molecule has 0 aromatic carbocycles. The lowest BCUT2D eigenvalue weighted by molar-refractivity contribution is -0.121. The number of nitrogens with zero attached hydrogens (tertiary/aromatic N) is 2. The van der Waals surface area contributed by atoms with E-state index in [1.54, 1.807) is 12.3 Å². The lowest BCUT2D eigenvalue weighted by atomic mass is 9.94. The van der Waals surface area contributed by atoms with E-state index >= 15 is 0 Å². The molecular weight excluding hydrogens is 252 g/mol. The van der Waals surface area contributed by atoms with Crippen molar-refractivity contribution in [3.8, 4) is 0 Å². The number of ketones is 1. The van der Waals surface area contributed by atoms with Gasteiger partial charge in [-0.15, -0.1) is 0 Å². The summed E-state index contributed by atoms with van der Waals surface area (Å²) in [7, 11) is 0. The average molecular weight is 272 g/mol. The first-order valence-electron chi connectivity index (χ1n) is 7.44. The van der Waals surface area contributed by atoms with Crippen molar-refractivity contribution in [3.05, 3.63) is 29.6 Å². The fraction of sp³-hybridized carbons (Fsp3) is 0.562. The average Bonchev–Trinajstić information content (AvgIpc) is 3.06. The Hall–Kier alpha value is -1.71. The fourth-order valence-corrected chi connectivity index (χ4v) is 3.58. The van der Waals surface area contributed by atoms with Crippen molar-refractivity contribution >= 4 is 11.7 Å². The Morgan fingerprint density at radius 1 is 1.35 bits per heavy atom. The van der Waals surface area contributed by atoms with Gasteiger partial charge in [-0.2, -0.15) is 0 Å². The third-order valence-electron chi connectivity index (χ3n) is 4.61. The van der Waals surface area contributed by atoms with Gasteiger partial charge in [-0.3, -0.25) is 14.6 Å². The largest absolute Gasteiger partial charge is 0.335 e. The molecule has 0 radical (unpaired) electrons. The van der Waals surface area contributed by atoms with Crippen molar-refractivity contribution in [2.24, 2.45) is 5.92 Å². The number of carbonyl (C=O) groups is 2. The summed E-state index contributed by atoms with van der Waals surface area (Å²) in [5, 5.41) is 0. The molecular formula is C16H20N2O2. The number of aromatic nitrogens is 1. The Kier molecular flexibility index (Phi) is 3.55. The van der Waals surface area contributed by atoms with Gasteiger partial charge in [0.2, 0.25) is 0 Å². The van der Waals surface area contributed by atoms with Crippen molar-refractivity contribution in [2.75, 3.05) is 6.54 Å². The summed E-state index contributed by atoms with van der Waals surface area (Å²) >= 11 is 0. The molecule has 3 rings (SSSR count). The van der Waals surface area contributed by atoms with Crippen LogP contribution in [0.4, 0.5) is 0 Å². The second-order valence-corrected chi connectivity index (χ2v) is 5.81. The molecule has 0 spiro atoms. The number of aryl methyl sites for hydroxylation is 1. The molecule has 0 N–H and O–H groups in total. The zero-order valence-electron chi connectivity index (χ0n) is 11.8. The van der Waals surface area contributed by atoms with Crippen molar-refractivity contribution < 1.29 is 9.59 Å². The molecule has 4 nitrogen and oxygen atoms in total. The fourth-order valence-electron chi connectivity index (χ4n) is 3.58. The highest BCUT2D eigenvalue weighted by Gasteiger charge is 2.40. The molecule has 2 aliphatic rings. The first-order valence-corrected chi connectivity index (χ1v) is 7.44. The van der Waals surface area contributed by atoms with E-state index in [1.807, 2.05) is 17.9 Å². The quantitative estimate of drug-likeness (QED) is 0.830. The second kappa shape index (κ2) is 5.35. The molecule has 2 atom stereocenters. The minimum absolute atomic E-state index is 0.0396. The molecule has 1 saturated carbocycles. The number of carbonyl (C=O) groups excluding carboxylic acids is 2. The maximum absolute atomic E-state index is 12.7. The predicted molar refractivity (Wildman–Crippen MR) is 75.4 cm³/mol. The normalized spacial score (nSPS) is 26.2. The van der Waals surface area contributed by atoms with Crippen LogP contribution in [0.2, 0.25) is 0 Å². The molecule has 106 valence electrons. The van der Waals surface area contributed by atoms with E-state index in [4.69, 9.17) is 0 Å². The summed E-state index contributed by atoms with van der Waals surface area (Å²) in [4.78, 5) is 30.8. The first kappa shape index (κ1) is 13.3. The van der Waals surface area contributed by atoms with Gasteiger partial charge in [0.25, 0.3) is 5.91 Å². The summed E-state index contributed by atoms with van der Waals surface area (Å²) in [6, 6.07) is 3.74. The maximum atomic E-state index is 12.7. The highest BCUT2D eigenvalue weighted by atomic mass is 16.2. The van der Waals surface area contributed by atoms with Crippen LogP contribution in [0.3, 0.4) is 0 Å². The zero-order chi connectivity index (χ0) is 14.1. The Labute approximate surface area is 119 Å². The van der Waals surface area contributed by atoms with E-state index in [9.17, 15) is 9.59 Å². The molecule has 2 fully saturated rings. The van der Waals surface area contributed by atoms with Crippen LogP contribution in [0.15, 0.2) is 18.3 Å². The third-order valence-corrected chi connectivity index (χ3v) is 4.61. The van der Waals surface area contributed by atoms with Crippen molar-refractivity contribution in [3.63, 3.8) is 0 Å². The van der Waals surface area contributed by atoms with Gasteiger partial charge in [0, 0.05) is 36.8 Å². The van der Waals surface area contributed by atoms with Crippen molar-refractivity contribution in [2.45, 2.75) is 45.1 Å². The van der Waals surface area contributed by atoms with Gasteiger partial charge in [0.05, 0.1) is 5.56 Å². The standard InChI is InChI=1S/C16H20N2O2/c1-11-12(6-3-9-17-11)16(20)18-10-4-7-14(18)13-5-2-8-15(13)19/h3,6,9,13-14H,2,4-5,7-8,10H2,1H3. The van der Waals surface area contributed by atoms with Crippen molar-refractivity contribution in [1.29, 1.82) is 0 Å². The number of likely N-dealkylation sites (tertiary alicyclic amines) is 1. The van der Waals surface area contributed by atoms with Crippen LogP contribution in [0.5, 0.6) is 0 Å². The van der Waals surface area contributed by atoms with Crippen LogP contribution in [-0.2, 0) is 4.79 Å². The number of amides is 1. The molecule has 1 aliphatic heterocycles. The van der Waals surface area contributed by atoms with Crippen LogP contribution >= 0.6 is 0 Å². The van der Waals surface area contributed by atoms with E-state index in [0.717, 1.165) is 37.9 Å². The predicted octanol–water partition coefficient (Wildman–Crippen LogP) is 2.36. The number of hydrogen-bond acceptors (Lipinski definition) is 3. The highest BCUT2D eigenvalue weighted by Crippen LogP contribution is 2.34. The van der Waals surface area contributed by atoms with Gasteiger partial charge < -0.3 is 4.90 Å². The zero-order valence-corrected chi connectivity index (χ0v) is 11.8. The smallest absolute Gasteiger partial charge is 0.255 e. The van der Waals surface area contributed by atoms with Gasteiger partial charge in [-0.05, 0) is 44.7 Å². The molecule has 2 heterocycles. The monoisotopic (exact) mass is 272 g/mol. The highest BCUT2D eigenvalue weighted by molar-refractivity contribution is 5.96. The molecule has 4 heteroatoms. The first-order chi connectivity index (χ1) is 9.68. The Balaban J connectivity index is 1.83. The molecule has 1 aromatic heterocycles. The van der Waals surface area contributed by atoms with Gasteiger partial charge in [-0.1, -0.05) is 0 Å². The van der Waals surface area contributed by atoms with E-state index in [0.29, 0.717) is 17.8 Å². The summed E-state index contributed by atoms with van der Waals surface area (Å²) in [5.41, 5.74) is 1.44. The van der Waals surface area contributed by atoms with Crippen molar-refractivity contribution in [1.82, 2.24) is 9.88 Å². The number of pyridine rings is 1. The topological polar surface area (TPSA) is 50.3 Å². The van der Waals surface area contributed by atoms with Gasteiger partial charge in [0.15, 0.2) is 0 Å². The maximum Gasteiger partial charge on any atom is 0.255 e. The lowest BCUT2D eigenvalue weighted by Gasteiger charge is -2.29. The SMILES string of the molecule is Cc1ncccc1C(=O)N1CCCC1C1CCCC1=O. The second-order valence-electron chi connectivity index (χ2n) is 5.81. The Morgan fingerprint density at radius 3 is 2.90 bits per heavy atom. The molecule has 2 unspecified atom stereocenters. The minimum atomic E-state index is 0.0396. The molecule has 1 aromatic rings. The van der Waals surface area contributed by atoms with E-state index in [1.165, 1.54) is 0 Å². The number of hydrogen-bond donors (Lipinski definition) is 0. The van der Waals surface area contributed by atoms with Gasteiger partial charge >= 0.3 is 0 Å². The number of Topliss-reactive ketones (excluding diaryl/α,β-unsaturated/α-hetero) is 1. The summed E-state index contributed by atoms with van der Waals surface area (Å²) in [6.07, 6.45) is 6.28. The van der Waals surface area contributed by atoms with E-state index < -0.39 is 0 Å². The summed E-state index contributed by atoms with van der Waals surface area (Å²) in [6.45, 7) is 2.63. The van der Waals surface area contributed by atoms with Crippen LogP contribution in [0.1, 0.15) is 48.2 Å². The third kappa shape index (κ3) is 2.23. The lowest BCUT2D eigenvalue weighted by Crippen LogP contribution is -2.41. The summed E-state index contributed by atoms with van der Waals surface area (Å²) < 4.78 is 0. The van der Waals surface area contributed by atoms with Gasteiger partial charge in [0.1, 0.15) is 5.78 Å². The minimum Gasteiger partial charge on any atom is -0.335 e. The van der Waals surface area contributed by atoms with Crippen LogP contribution in [-0.4, -0.2) is 34.2 Å².